The molecule has 0 bridgehead atoms. The van der Waals surface area contributed by atoms with Gasteiger partial charge in [-0.1, -0.05) is 62.4 Å². The van der Waals surface area contributed by atoms with Crippen molar-refractivity contribution in [2.75, 3.05) is 19.6 Å². The molecule has 36 heavy (non-hydrogen) atoms. The van der Waals surface area contributed by atoms with Gasteiger partial charge in [-0.3, -0.25) is 14.4 Å². The Morgan fingerprint density at radius 1 is 0.833 bits per heavy atom. The van der Waals surface area contributed by atoms with Crippen LogP contribution in [0.4, 0.5) is 0 Å². The largest absolute Gasteiger partial charge is 0.351 e. The average molecular weight is 490 g/mol. The zero-order valence-electron chi connectivity index (χ0n) is 21.3. The van der Waals surface area contributed by atoms with Crippen LogP contribution in [0.5, 0.6) is 0 Å². The molecule has 6 nitrogen and oxygen atoms in total. The number of carbonyl (C=O) groups is 2. The summed E-state index contributed by atoms with van der Waals surface area (Å²) in [4.78, 5) is 42.3. The van der Waals surface area contributed by atoms with Gasteiger partial charge >= 0.3 is 0 Å². The lowest BCUT2D eigenvalue weighted by Crippen LogP contribution is -2.44. The van der Waals surface area contributed by atoms with Crippen molar-refractivity contribution in [2.24, 2.45) is 0 Å². The first-order valence-corrected chi connectivity index (χ1v) is 14.0. The summed E-state index contributed by atoms with van der Waals surface area (Å²) in [6, 6.07) is 10.7. The molecular formula is C30H39N3O3. The van der Waals surface area contributed by atoms with E-state index < -0.39 is 5.43 Å². The summed E-state index contributed by atoms with van der Waals surface area (Å²) in [5, 5.41) is 3.14. The molecule has 0 radical (unpaired) electrons. The quantitative estimate of drug-likeness (QED) is 0.605. The molecule has 192 valence electrons. The molecule has 3 aliphatic rings. The van der Waals surface area contributed by atoms with Crippen molar-refractivity contribution in [3.8, 4) is 0 Å². The lowest BCUT2D eigenvalue weighted by molar-refractivity contribution is 0.0722. The Hall–Kier alpha value is -2.89. The first-order chi connectivity index (χ1) is 17.6. The maximum Gasteiger partial charge on any atom is 0.259 e. The molecule has 2 aromatic rings. The highest BCUT2D eigenvalue weighted by atomic mass is 16.2. The van der Waals surface area contributed by atoms with Crippen LogP contribution in [0.15, 0.2) is 47.5 Å². The minimum Gasteiger partial charge on any atom is -0.351 e. The summed E-state index contributed by atoms with van der Waals surface area (Å²) < 4.78 is 1.98. The Kier molecular flexibility index (Phi) is 7.59. The summed E-state index contributed by atoms with van der Waals surface area (Å²) >= 11 is 0. The van der Waals surface area contributed by atoms with E-state index in [-0.39, 0.29) is 34.4 Å². The molecule has 2 aliphatic carbocycles. The number of hydrogen-bond acceptors (Lipinski definition) is 3. The summed E-state index contributed by atoms with van der Waals surface area (Å²) in [5.41, 5.74) is 0.953. The second-order valence-corrected chi connectivity index (χ2v) is 11.0. The molecule has 0 unspecified atom stereocenters. The Labute approximate surface area is 214 Å². The molecule has 1 aromatic heterocycles. The van der Waals surface area contributed by atoms with E-state index in [4.69, 9.17) is 0 Å². The fourth-order valence-corrected chi connectivity index (χ4v) is 6.52. The lowest BCUT2D eigenvalue weighted by atomic mass is 9.69. The normalized spacial score (nSPS) is 20.3. The lowest BCUT2D eigenvalue weighted by Gasteiger charge is -2.38. The smallest absolute Gasteiger partial charge is 0.259 e. The van der Waals surface area contributed by atoms with Crippen LogP contribution in [0.3, 0.4) is 0 Å². The molecule has 3 fully saturated rings. The summed E-state index contributed by atoms with van der Waals surface area (Å²) in [6.45, 7) is 1.86. The summed E-state index contributed by atoms with van der Waals surface area (Å²) in [5.74, 6) is -0.588. The third-order valence-electron chi connectivity index (χ3n) is 8.69. The third kappa shape index (κ3) is 5.14. The number of aromatic nitrogens is 1. The predicted octanol–water partition coefficient (Wildman–Crippen LogP) is 5.22. The number of rotatable bonds is 6. The van der Waals surface area contributed by atoms with Gasteiger partial charge in [-0.15, -0.1) is 0 Å². The zero-order valence-corrected chi connectivity index (χ0v) is 21.3. The van der Waals surface area contributed by atoms with Crippen molar-refractivity contribution in [3.05, 3.63) is 69.6 Å². The van der Waals surface area contributed by atoms with Gasteiger partial charge in [0.05, 0.1) is 0 Å². The van der Waals surface area contributed by atoms with E-state index in [1.165, 1.54) is 12.0 Å². The van der Waals surface area contributed by atoms with E-state index in [9.17, 15) is 14.4 Å². The molecule has 5 rings (SSSR count). The van der Waals surface area contributed by atoms with Crippen LogP contribution in [-0.2, 0) is 5.41 Å². The maximum absolute atomic E-state index is 13.6. The van der Waals surface area contributed by atoms with Crippen LogP contribution in [0.1, 0.15) is 109 Å². The highest BCUT2D eigenvalue weighted by Gasteiger charge is 2.35. The molecule has 1 N–H and O–H groups in total. The number of hydrogen-bond donors (Lipinski definition) is 1. The average Bonchev–Trinajstić information content (AvgIpc) is 3.48. The minimum absolute atomic E-state index is 0.101. The summed E-state index contributed by atoms with van der Waals surface area (Å²) in [6.07, 6.45) is 16.3. The van der Waals surface area contributed by atoms with Gasteiger partial charge < -0.3 is 14.8 Å². The van der Waals surface area contributed by atoms with Crippen molar-refractivity contribution in [1.82, 2.24) is 14.8 Å². The van der Waals surface area contributed by atoms with Gasteiger partial charge in [-0.2, -0.15) is 0 Å². The first-order valence-electron chi connectivity index (χ1n) is 14.0. The van der Waals surface area contributed by atoms with Crippen LogP contribution in [-0.4, -0.2) is 40.9 Å². The SMILES string of the molecule is O=C(NCC1(c2ccccc2)CCCCC1)c1cn(C2CCCC2)cc(C(=O)N2CCCCC2)c1=O. The monoisotopic (exact) mass is 489 g/mol. The minimum atomic E-state index is -0.435. The number of carbonyl (C=O) groups excluding carboxylic acids is 2. The van der Waals surface area contributed by atoms with Crippen molar-refractivity contribution in [1.29, 1.82) is 0 Å². The van der Waals surface area contributed by atoms with Gasteiger partial charge in [0.15, 0.2) is 0 Å². The Bertz CT molecular complexity index is 1120. The highest BCUT2D eigenvalue weighted by molar-refractivity contribution is 5.99. The number of nitrogens with one attached hydrogen (secondary N) is 1. The molecule has 2 amide bonds. The van der Waals surface area contributed by atoms with Gasteiger partial charge in [0.25, 0.3) is 11.8 Å². The maximum atomic E-state index is 13.6. The van der Waals surface area contributed by atoms with Gasteiger partial charge in [0.1, 0.15) is 11.1 Å². The fourth-order valence-electron chi connectivity index (χ4n) is 6.52. The van der Waals surface area contributed by atoms with E-state index in [1.807, 2.05) is 10.6 Å². The van der Waals surface area contributed by atoms with Gasteiger partial charge in [0, 0.05) is 43.5 Å². The van der Waals surface area contributed by atoms with Crippen LogP contribution in [0.2, 0.25) is 0 Å². The summed E-state index contributed by atoms with van der Waals surface area (Å²) in [7, 11) is 0. The van der Waals surface area contributed by atoms with Crippen molar-refractivity contribution < 1.29 is 9.59 Å². The van der Waals surface area contributed by atoms with Crippen molar-refractivity contribution in [3.63, 3.8) is 0 Å². The highest BCUT2D eigenvalue weighted by Crippen LogP contribution is 2.39. The number of piperidine rings is 1. The van der Waals surface area contributed by atoms with E-state index in [0.29, 0.717) is 19.6 Å². The van der Waals surface area contributed by atoms with E-state index in [2.05, 4.69) is 29.6 Å². The molecule has 1 aliphatic heterocycles. The van der Waals surface area contributed by atoms with E-state index in [1.54, 1.807) is 17.3 Å². The third-order valence-corrected chi connectivity index (χ3v) is 8.69. The second-order valence-electron chi connectivity index (χ2n) is 11.0. The molecular weight excluding hydrogens is 450 g/mol. The van der Waals surface area contributed by atoms with Gasteiger partial charge in [-0.25, -0.2) is 0 Å². The van der Waals surface area contributed by atoms with Crippen molar-refractivity contribution in [2.45, 2.75) is 88.5 Å². The Morgan fingerprint density at radius 2 is 1.47 bits per heavy atom. The molecule has 1 saturated heterocycles. The van der Waals surface area contributed by atoms with E-state index >= 15 is 0 Å². The molecule has 1 aromatic carbocycles. The number of nitrogens with zero attached hydrogens (tertiary/aromatic N) is 2. The molecule has 6 heteroatoms. The van der Waals surface area contributed by atoms with Gasteiger partial charge in [0.2, 0.25) is 5.43 Å². The topological polar surface area (TPSA) is 71.4 Å². The number of likely N-dealkylation sites (tertiary alicyclic amines) is 1. The van der Waals surface area contributed by atoms with Crippen LogP contribution >= 0.6 is 0 Å². The fraction of sp³-hybridized carbons (Fsp3) is 0.567. The number of benzene rings is 1. The molecule has 0 atom stereocenters. The molecule has 0 spiro atoms. The first kappa shape index (κ1) is 24.8. The predicted molar refractivity (Wildman–Crippen MR) is 141 cm³/mol. The molecule has 2 heterocycles. The Balaban J connectivity index is 1.43. The van der Waals surface area contributed by atoms with Crippen LogP contribution in [0, 0.1) is 0 Å². The standard InChI is InChI=1S/C30H39N3O3/c34-27-25(28(35)31-22-30(16-8-2-9-17-30)23-12-4-1-5-13-23)20-33(24-14-6-7-15-24)21-26(27)29(36)32-18-10-3-11-19-32/h1,4-5,12-13,20-21,24H,2-3,6-11,14-19,22H2,(H,31,35). The van der Waals surface area contributed by atoms with Gasteiger partial charge in [-0.05, 0) is 50.5 Å². The van der Waals surface area contributed by atoms with Crippen LogP contribution < -0.4 is 10.7 Å². The second kappa shape index (κ2) is 11.0. The number of amides is 2. The van der Waals surface area contributed by atoms with E-state index in [0.717, 1.165) is 70.6 Å². The van der Waals surface area contributed by atoms with Crippen LogP contribution in [0.25, 0.3) is 0 Å². The number of pyridine rings is 1. The zero-order chi connectivity index (χ0) is 25.0. The van der Waals surface area contributed by atoms with Crippen molar-refractivity contribution >= 4 is 11.8 Å². The molecule has 2 saturated carbocycles. The Morgan fingerprint density at radius 3 is 2.17 bits per heavy atom.